The van der Waals surface area contributed by atoms with Crippen molar-refractivity contribution in [3.63, 3.8) is 0 Å². The van der Waals surface area contributed by atoms with Crippen LogP contribution in [0.3, 0.4) is 0 Å². The maximum absolute atomic E-state index is 12.9. The number of carbonyl (C=O) groups is 1. The Bertz CT molecular complexity index is 958. The Balaban J connectivity index is 1.65. The number of rotatable bonds is 9. The van der Waals surface area contributed by atoms with Crippen LogP contribution in [0, 0.1) is 5.92 Å². The van der Waals surface area contributed by atoms with Crippen molar-refractivity contribution in [1.29, 1.82) is 0 Å². The van der Waals surface area contributed by atoms with E-state index in [1.807, 2.05) is 32.0 Å². The summed E-state index contributed by atoms with van der Waals surface area (Å²) in [5.74, 6) is -0.544. The van der Waals surface area contributed by atoms with Crippen molar-refractivity contribution >= 4 is 15.9 Å². The highest BCUT2D eigenvalue weighted by Gasteiger charge is 2.28. The van der Waals surface area contributed by atoms with Crippen molar-refractivity contribution in [2.75, 3.05) is 26.3 Å². The van der Waals surface area contributed by atoms with Crippen LogP contribution in [0.4, 0.5) is 0 Å². The highest BCUT2D eigenvalue weighted by Crippen LogP contribution is 2.15. The number of ether oxygens (including phenoxy) is 1. The zero-order valence-electron chi connectivity index (χ0n) is 18.1. The number of carbonyl (C=O) groups excluding carboxylic acids is 1. The van der Waals surface area contributed by atoms with Crippen LogP contribution in [0.5, 0.6) is 0 Å². The molecule has 8 heteroatoms. The molecule has 31 heavy (non-hydrogen) atoms. The second-order valence-electron chi connectivity index (χ2n) is 8.03. The van der Waals surface area contributed by atoms with Crippen LogP contribution in [0.15, 0.2) is 59.5 Å². The summed E-state index contributed by atoms with van der Waals surface area (Å²) in [5.41, 5.74) is 2.17. The van der Waals surface area contributed by atoms with Crippen molar-refractivity contribution in [1.82, 2.24) is 14.9 Å². The molecule has 7 nitrogen and oxygen atoms in total. The molecule has 2 aromatic rings. The minimum atomic E-state index is -3.79. The van der Waals surface area contributed by atoms with Gasteiger partial charge in [0, 0.05) is 26.2 Å². The molecular formula is C23H31N3O4S. The van der Waals surface area contributed by atoms with E-state index in [0.717, 1.165) is 44.0 Å². The molecule has 0 bridgehead atoms. The lowest BCUT2D eigenvalue weighted by Crippen LogP contribution is -2.49. The molecule has 1 aliphatic rings. The zero-order valence-corrected chi connectivity index (χ0v) is 18.9. The SMILES string of the molecule is CC(C)C(NS(=O)(=O)c1ccccc1)C(=O)NCc1ccccc1CN1CCOCC1. The van der Waals surface area contributed by atoms with Crippen molar-refractivity contribution in [2.45, 2.75) is 37.9 Å². The van der Waals surface area contributed by atoms with Gasteiger partial charge in [-0.1, -0.05) is 56.3 Å². The highest BCUT2D eigenvalue weighted by molar-refractivity contribution is 7.89. The van der Waals surface area contributed by atoms with Gasteiger partial charge in [-0.2, -0.15) is 4.72 Å². The molecule has 168 valence electrons. The third-order valence-corrected chi connectivity index (χ3v) is 6.81. The number of morpholine rings is 1. The Kier molecular flexibility index (Phi) is 8.20. The van der Waals surface area contributed by atoms with Gasteiger partial charge in [-0.05, 0) is 29.2 Å². The number of sulfonamides is 1. The number of nitrogens with one attached hydrogen (secondary N) is 2. The molecule has 1 saturated heterocycles. The molecular weight excluding hydrogens is 414 g/mol. The Morgan fingerprint density at radius 1 is 1.00 bits per heavy atom. The van der Waals surface area contributed by atoms with E-state index in [0.29, 0.717) is 6.54 Å². The highest BCUT2D eigenvalue weighted by atomic mass is 32.2. The standard InChI is InChI=1S/C23H31N3O4S/c1-18(2)22(25-31(28,29)21-10-4-3-5-11-21)23(27)24-16-19-8-6-7-9-20(19)17-26-12-14-30-15-13-26/h3-11,18,22,25H,12-17H2,1-2H3,(H,24,27). The van der Waals surface area contributed by atoms with Crippen LogP contribution < -0.4 is 10.0 Å². The van der Waals surface area contributed by atoms with Crippen LogP contribution in [-0.2, 0) is 32.6 Å². The second-order valence-corrected chi connectivity index (χ2v) is 9.75. The topological polar surface area (TPSA) is 87.7 Å². The first-order valence-corrected chi connectivity index (χ1v) is 12.1. The minimum absolute atomic E-state index is 0.143. The number of hydrogen-bond acceptors (Lipinski definition) is 5. The summed E-state index contributed by atoms with van der Waals surface area (Å²) < 4.78 is 33.4. The van der Waals surface area contributed by atoms with E-state index in [4.69, 9.17) is 4.74 Å². The lowest BCUT2D eigenvalue weighted by atomic mass is 10.0. The van der Waals surface area contributed by atoms with Crippen molar-refractivity contribution in [2.24, 2.45) is 5.92 Å². The van der Waals surface area contributed by atoms with Gasteiger partial charge < -0.3 is 10.1 Å². The third-order valence-electron chi connectivity index (χ3n) is 5.35. The predicted molar refractivity (Wildman–Crippen MR) is 120 cm³/mol. The molecule has 1 fully saturated rings. The summed E-state index contributed by atoms with van der Waals surface area (Å²) in [6.07, 6.45) is 0. The fourth-order valence-corrected chi connectivity index (χ4v) is 4.87. The Hall–Kier alpha value is -2.26. The molecule has 1 unspecified atom stereocenters. The summed E-state index contributed by atoms with van der Waals surface area (Å²) in [6.45, 7) is 8.02. The van der Waals surface area contributed by atoms with E-state index in [1.165, 1.54) is 12.1 Å². The second kappa shape index (κ2) is 10.9. The van der Waals surface area contributed by atoms with Crippen molar-refractivity contribution in [3.05, 3.63) is 65.7 Å². The van der Waals surface area contributed by atoms with Crippen LogP contribution in [0.25, 0.3) is 0 Å². The summed E-state index contributed by atoms with van der Waals surface area (Å²) >= 11 is 0. The molecule has 3 rings (SSSR count). The first kappa shape index (κ1) is 23.4. The molecule has 1 atom stereocenters. The van der Waals surface area contributed by atoms with Gasteiger partial charge >= 0.3 is 0 Å². The molecule has 0 saturated carbocycles. The summed E-state index contributed by atoms with van der Waals surface area (Å²) in [4.78, 5) is 15.4. The van der Waals surface area contributed by atoms with E-state index in [9.17, 15) is 13.2 Å². The van der Waals surface area contributed by atoms with Gasteiger partial charge in [0.1, 0.15) is 6.04 Å². The predicted octanol–water partition coefficient (Wildman–Crippen LogP) is 2.14. The van der Waals surface area contributed by atoms with Crippen LogP contribution in [0.2, 0.25) is 0 Å². The fraction of sp³-hybridized carbons (Fsp3) is 0.435. The summed E-state index contributed by atoms with van der Waals surface area (Å²) in [7, 11) is -3.79. The van der Waals surface area contributed by atoms with Crippen molar-refractivity contribution in [3.8, 4) is 0 Å². The quantitative estimate of drug-likeness (QED) is 0.618. The summed E-state index contributed by atoms with van der Waals surface area (Å²) in [5, 5.41) is 2.92. The van der Waals surface area contributed by atoms with E-state index in [1.54, 1.807) is 18.2 Å². The molecule has 0 spiro atoms. The van der Waals surface area contributed by atoms with E-state index in [2.05, 4.69) is 21.0 Å². The third kappa shape index (κ3) is 6.61. The minimum Gasteiger partial charge on any atom is -0.379 e. The monoisotopic (exact) mass is 445 g/mol. The molecule has 0 radical (unpaired) electrons. The van der Waals surface area contributed by atoms with Crippen LogP contribution in [-0.4, -0.2) is 51.6 Å². The molecule has 1 amide bonds. The van der Waals surface area contributed by atoms with Crippen LogP contribution in [0.1, 0.15) is 25.0 Å². The molecule has 2 aromatic carbocycles. The number of amides is 1. The van der Waals surface area contributed by atoms with Gasteiger partial charge in [0.05, 0.1) is 18.1 Å². The first-order valence-electron chi connectivity index (χ1n) is 10.6. The molecule has 0 aliphatic carbocycles. The van der Waals surface area contributed by atoms with Gasteiger partial charge in [-0.3, -0.25) is 9.69 Å². The largest absolute Gasteiger partial charge is 0.379 e. The molecule has 1 heterocycles. The number of benzene rings is 2. The lowest BCUT2D eigenvalue weighted by molar-refractivity contribution is -0.123. The van der Waals surface area contributed by atoms with Crippen LogP contribution >= 0.6 is 0 Å². The van der Waals surface area contributed by atoms with Gasteiger partial charge in [-0.15, -0.1) is 0 Å². The van der Waals surface area contributed by atoms with Gasteiger partial charge in [0.2, 0.25) is 15.9 Å². The average Bonchev–Trinajstić information content (AvgIpc) is 2.78. The molecule has 1 aliphatic heterocycles. The van der Waals surface area contributed by atoms with Crippen molar-refractivity contribution < 1.29 is 17.9 Å². The Morgan fingerprint density at radius 2 is 1.61 bits per heavy atom. The van der Waals surface area contributed by atoms with Gasteiger partial charge in [-0.25, -0.2) is 8.42 Å². The van der Waals surface area contributed by atoms with Gasteiger partial charge in [0.25, 0.3) is 0 Å². The molecule has 0 aromatic heterocycles. The normalized spacial score (nSPS) is 16.2. The number of nitrogens with zero attached hydrogens (tertiary/aromatic N) is 1. The zero-order chi connectivity index (χ0) is 22.3. The molecule has 2 N–H and O–H groups in total. The average molecular weight is 446 g/mol. The maximum Gasteiger partial charge on any atom is 0.241 e. The van der Waals surface area contributed by atoms with E-state index >= 15 is 0 Å². The smallest absolute Gasteiger partial charge is 0.241 e. The number of hydrogen-bond donors (Lipinski definition) is 2. The Labute approximate surface area is 184 Å². The maximum atomic E-state index is 12.9. The fourth-order valence-electron chi connectivity index (χ4n) is 3.50. The van der Waals surface area contributed by atoms with E-state index in [-0.39, 0.29) is 16.7 Å². The first-order chi connectivity index (χ1) is 14.9. The Morgan fingerprint density at radius 3 is 2.26 bits per heavy atom. The van der Waals surface area contributed by atoms with Gasteiger partial charge in [0.15, 0.2) is 0 Å². The summed E-state index contributed by atoms with van der Waals surface area (Å²) in [6, 6.07) is 15.2. The van der Waals surface area contributed by atoms with E-state index < -0.39 is 16.1 Å². The lowest BCUT2D eigenvalue weighted by Gasteiger charge is -2.27.